The van der Waals surface area contributed by atoms with E-state index in [4.69, 9.17) is 9.47 Å². The summed E-state index contributed by atoms with van der Waals surface area (Å²) in [6.07, 6.45) is 0. The number of hydrogen-bond acceptors (Lipinski definition) is 6. The molecule has 0 fully saturated rings. The molecule has 38 heavy (non-hydrogen) atoms. The van der Waals surface area contributed by atoms with E-state index in [9.17, 15) is 18.0 Å². The minimum absolute atomic E-state index is 0.0483. The number of hydrogen-bond donors (Lipinski definition) is 1. The van der Waals surface area contributed by atoms with Gasteiger partial charge in [-0.05, 0) is 43.3 Å². The fourth-order valence-electron chi connectivity index (χ4n) is 4.09. The van der Waals surface area contributed by atoms with E-state index >= 15 is 0 Å². The largest absolute Gasteiger partial charge is 0.493 e. The van der Waals surface area contributed by atoms with E-state index < -0.39 is 28.0 Å². The maximum Gasteiger partial charge on any atom is 0.296 e. The van der Waals surface area contributed by atoms with E-state index in [0.717, 1.165) is 4.31 Å². The van der Waals surface area contributed by atoms with Gasteiger partial charge in [-0.2, -0.15) is 0 Å². The number of sulfonamides is 1. The molecule has 0 saturated carbocycles. The molecule has 1 aromatic heterocycles. The summed E-state index contributed by atoms with van der Waals surface area (Å²) < 4.78 is 41.9. The molecule has 0 saturated heterocycles. The van der Waals surface area contributed by atoms with Crippen LogP contribution in [0.15, 0.2) is 88.6 Å². The summed E-state index contributed by atoms with van der Waals surface area (Å²) in [5, 5.41) is 2.69. The van der Waals surface area contributed by atoms with E-state index in [-0.39, 0.29) is 10.6 Å². The highest BCUT2D eigenvalue weighted by Crippen LogP contribution is 2.30. The number of carbonyl (C=O) groups is 1. The van der Waals surface area contributed by atoms with Gasteiger partial charge in [-0.3, -0.25) is 14.3 Å². The molecular weight excluding hydrogens is 508 g/mol. The molecule has 4 rings (SSSR count). The van der Waals surface area contributed by atoms with Crippen molar-refractivity contribution in [2.75, 3.05) is 30.4 Å². The predicted octanol–water partition coefficient (Wildman–Crippen LogP) is 3.34. The fourth-order valence-corrected chi connectivity index (χ4v) is 5.58. The van der Waals surface area contributed by atoms with E-state index in [0.29, 0.717) is 28.6 Å². The SMILES string of the molecule is COc1ccc(NC(=O)CN(c2c(C)n(C)n(-c3ccccc3)c2=O)S(=O)(=O)c2ccccc2)cc1OC. The number of nitrogens with zero attached hydrogens (tertiary/aromatic N) is 3. The quantitative estimate of drug-likeness (QED) is 0.351. The first-order valence-electron chi connectivity index (χ1n) is 11.6. The zero-order valence-electron chi connectivity index (χ0n) is 21.4. The highest BCUT2D eigenvalue weighted by Gasteiger charge is 2.33. The number of nitrogens with one attached hydrogen (secondary N) is 1. The zero-order chi connectivity index (χ0) is 27.4. The summed E-state index contributed by atoms with van der Waals surface area (Å²) in [6.45, 7) is 0.996. The minimum atomic E-state index is -4.29. The van der Waals surface area contributed by atoms with Crippen molar-refractivity contribution in [3.63, 3.8) is 0 Å². The topological polar surface area (TPSA) is 112 Å². The molecule has 0 aliphatic rings. The number of benzene rings is 3. The van der Waals surface area contributed by atoms with Crippen LogP contribution in [0.4, 0.5) is 11.4 Å². The van der Waals surface area contributed by atoms with Gasteiger partial charge >= 0.3 is 0 Å². The molecule has 4 aromatic rings. The highest BCUT2D eigenvalue weighted by atomic mass is 32.2. The van der Waals surface area contributed by atoms with Gasteiger partial charge in [0.15, 0.2) is 11.5 Å². The van der Waals surface area contributed by atoms with Crippen LogP contribution in [-0.2, 0) is 21.9 Å². The molecular formula is C27H28N4O6S. The Morgan fingerprint density at radius 2 is 1.53 bits per heavy atom. The van der Waals surface area contributed by atoms with Gasteiger partial charge in [0.1, 0.15) is 12.2 Å². The summed E-state index contributed by atoms with van der Waals surface area (Å²) >= 11 is 0. The molecule has 198 valence electrons. The van der Waals surface area contributed by atoms with Crippen molar-refractivity contribution in [3.05, 3.63) is 94.9 Å². The normalized spacial score (nSPS) is 11.2. The average molecular weight is 537 g/mol. The third-order valence-corrected chi connectivity index (χ3v) is 7.82. The molecule has 0 radical (unpaired) electrons. The van der Waals surface area contributed by atoms with Crippen molar-refractivity contribution < 1.29 is 22.7 Å². The Kier molecular flexibility index (Phi) is 7.58. The van der Waals surface area contributed by atoms with Gasteiger partial charge in [-0.1, -0.05) is 36.4 Å². The van der Waals surface area contributed by atoms with Crippen LogP contribution in [0.1, 0.15) is 5.69 Å². The fraction of sp³-hybridized carbons (Fsp3) is 0.185. The van der Waals surface area contributed by atoms with Crippen LogP contribution in [-0.4, -0.2) is 44.5 Å². The van der Waals surface area contributed by atoms with Crippen LogP contribution < -0.4 is 24.7 Å². The van der Waals surface area contributed by atoms with E-state index in [2.05, 4.69) is 5.32 Å². The predicted molar refractivity (Wildman–Crippen MR) is 145 cm³/mol. The van der Waals surface area contributed by atoms with Gasteiger partial charge in [-0.15, -0.1) is 0 Å². The number of para-hydroxylation sites is 1. The molecule has 0 aliphatic carbocycles. The average Bonchev–Trinajstić information content (AvgIpc) is 3.15. The lowest BCUT2D eigenvalue weighted by atomic mass is 10.2. The van der Waals surface area contributed by atoms with Gasteiger partial charge in [0.2, 0.25) is 5.91 Å². The zero-order valence-corrected chi connectivity index (χ0v) is 22.2. The lowest BCUT2D eigenvalue weighted by Gasteiger charge is -2.23. The van der Waals surface area contributed by atoms with Crippen LogP contribution >= 0.6 is 0 Å². The second-order valence-corrected chi connectivity index (χ2v) is 10.2. The number of rotatable bonds is 9. The van der Waals surface area contributed by atoms with Crippen LogP contribution in [0.3, 0.4) is 0 Å². The highest BCUT2D eigenvalue weighted by molar-refractivity contribution is 7.92. The van der Waals surface area contributed by atoms with E-state index in [1.165, 1.54) is 31.0 Å². The minimum Gasteiger partial charge on any atom is -0.493 e. The Labute approximate surface area is 220 Å². The number of ether oxygens (including phenoxy) is 2. The Morgan fingerprint density at radius 3 is 2.13 bits per heavy atom. The monoisotopic (exact) mass is 536 g/mol. The van der Waals surface area contributed by atoms with Gasteiger partial charge < -0.3 is 14.8 Å². The molecule has 0 bridgehead atoms. The lowest BCUT2D eigenvalue weighted by Crippen LogP contribution is -2.41. The molecule has 11 heteroatoms. The van der Waals surface area contributed by atoms with Crippen molar-refractivity contribution in [1.29, 1.82) is 0 Å². The third-order valence-electron chi connectivity index (χ3n) is 6.06. The van der Waals surface area contributed by atoms with Crippen molar-refractivity contribution in [2.24, 2.45) is 7.05 Å². The first kappa shape index (κ1) is 26.6. The van der Waals surface area contributed by atoms with Crippen LogP contribution in [0.2, 0.25) is 0 Å². The van der Waals surface area contributed by atoms with Gasteiger partial charge in [0, 0.05) is 18.8 Å². The molecule has 0 unspecified atom stereocenters. The van der Waals surface area contributed by atoms with Gasteiger partial charge in [-0.25, -0.2) is 17.4 Å². The van der Waals surface area contributed by atoms with E-state index in [1.807, 2.05) is 6.07 Å². The smallest absolute Gasteiger partial charge is 0.296 e. The van der Waals surface area contributed by atoms with Crippen LogP contribution in [0.25, 0.3) is 5.69 Å². The maximum atomic E-state index is 13.8. The molecule has 1 heterocycles. The third kappa shape index (κ3) is 5.00. The first-order valence-corrected chi connectivity index (χ1v) is 13.1. The molecule has 3 aromatic carbocycles. The molecule has 10 nitrogen and oxygen atoms in total. The molecule has 0 spiro atoms. The number of anilines is 2. The first-order chi connectivity index (χ1) is 18.2. The van der Waals surface area contributed by atoms with Gasteiger partial charge in [0.25, 0.3) is 15.6 Å². The summed E-state index contributed by atoms with van der Waals surface area (Å²) in [6, 6.07) is 21.3. The molecule has 0 aliphatic heterocycles. The standard InChI is InChI=1S/C27H28N4O6S/c1-19-26(27(33)31(29(19)2)21-11-7-5-8-12-21)30(38(34,35)22-13-9-6-10-14-22)18-25(32)28-20-15-16-23(36-3)24(17-20)37-4/h5-17H,18H2,1-4H3,(H,28,32). The maximum absolute atomic E-state index is 13.8. The Morgan fingerprint density at radius 1 is 0.921 bits per heavy atom. The number of amides is 1. The van der Waals surface area contributed by atoms with Crippen molar-refractivity contribution in [2.45, 2.75) is 11.8 Å². The molecule has 1 amide bonds. The van der Waals surface area contributed by atoms with Crippen LogP contribution in [0.5, 0.6) is 11.5 Å². The van der Waals surface area contributed by atoms with E-state index in [1.54, 1.807) is 79.3 Å². The lowest BCUT2D eigenvalue weighted by molar-refractivity contribution is -0.114. The summed E-state index contributed by atoms with van der Waals surface area (Å²) in [5.74, 6) is 0.217. The van der Waals surface area contributed by atoms with Crippen molar-refractivity contribution >= 4 is 27.3 Å². The van der Waals surface area contributed by atoms with Crippen molar-refractivity contribution in [1.82, 2.24) is 9.36 Å². The summed E-state index contributed by atoms with van der Waals surface area (Å²) in [7, 11) is 0.321. The number of aromatic nitrogens is 2. The van der Waals surface area contributed by atoms with Crippen molar-refractivity contribution in [3.8, 4) is 17.2 Å². The number of carbonyl (C=O) groups excluding carboxylic acids is 1. The Bertz CT molecular complexity index is 1610. The summed E-state index contributed by atoms with van der Waals surface area (Å²) in [5.41, 5.74) is 0.604. The van der Waals surface area contributed by atoms with Crippen LogP contribution in [0, 0.1) is 6.92 Å². The molecule has 0 atom stereocenters. The summed E-state index contributed by atoms with van der Waals surface area (Å²) in [4.78, 5) is 26.9. The molecule has 1 N–H and O–H groups in total. The Balaban J connectivity index is 1.79. The second kappa shape index (κ2) is 10.9. The second-order valence-electron chi connectivity index (χ2n) is 8.35. The Hall–Kier alpha value is -4.51. The van der Waals surface area contributed by atoms with Gasteiger partial charge in [0.05, 0.1) is 30.5 Å². The number of methoxy groups -OCH3 is 2.